The Bertz CT molecular complexity index is 2190. The van der Waals surface area contributed by atoms with E-state index in [2.05, 4.69) is 5.32 Å². The number of carbonyl (C=O) groups excluding carboxylic acids is 5. The third-order valence-electron chi connectivity index (χ3n) is 13.5. The van der Waals surface area contributed by atoms with Crippen molar-refractivity contribution in [1.29, 1.82) is 0 Å². The number of aliphatic hydroxyl groups excluding tert-OH is 2. The summed E-state index contributed by atoms with van der Waals surface area (Å²) >= 11 is 0. The summed E-state index contributed by atoms with van der Waals surface area (Å²) in [6, 6.07) is 24.5. The first-order valence-corrected chi connectivity index (χ1v) is 20.5. The molecule has 324 valence electrons. The van der Waals surface area contributed by atoms with Crippen LogP contribution in [0.2, 0.25) is 0 Å². The first-order valence-electron chi connectivity index (χ1n) is 20.5. The van der Waals surface area contributed by atoms with E-state index in [0.29, 0.717) is 11.1 Å². The Labute approximate surface area is 354 Å². The number of rotatable bonds is 11. The maximum absolute atomic E-state index is 15.5. The topological polar surface area (TPSA) is 204 Å². The molecule has 0 unspecified atom stereocenters. The number of fused-ring (bicyclic) bond motifs is 5. The van der Waals surface area contributed by atoms with Crippen LogP contribution >= 0.6 is 0 Å². The Morgan fingerprint density at radius 2 is 1.49 bits per heavy atom. The summed E-state index contributed by atoms with van der Waals surface area (Å²) in [7, 11) is 0. The van der Waals surface area contributed by atoms with Crippen LogP contribution in [0.25, 0.3) is 0 Å². The first kappa shape index (κ1) is 43.8. The molecule has 4 aliphatic rings. The number of esters is 3. The van der Waals surface area contributed by atoms with Crippen LogP contribution in [0, 0.1) is 16.7 Å². The van der Waals surface area contributed by atoms with Crippen LogP contribution in [0.15, 0.2) is 102 Å². The van der Waals surface area contributed by atoms with E-state index in [0.717, 1.165) is 6.92 Å². The molecule has 14 heteroatoms. The van der Waals surface area contributed by atoms with Gasteiger partial charge in [0, 0.05) is 43.6 Å². The summed E-state index contributed by atoms with van der Waals surface area (Å²) in [6.45, 7) is 8.48. The quantitative estimate of drug-likeness (QED) is 0.122. The molecular formula is C47H53NO13. The van der Waals surface area contributed by atoms with Crippen molar-refractivity contribution in [2.45, 2.75) is 115 Å². The van der Waals surface area contributed by atoms with Gasteiger partial charge < -0.3 is 44.3 Å². The number of hydrogen-bond donors (Lipinski definition) is 4. The molecule has 1 aliphatic heterocycles. The number of benzene rings is 3. The van der Waals surface area contributed by atoms with Crippen LogP contribution in [0.3, 0.4) is 0 Å². The number of Topliss-reactive ketones (excluding diaryl/α,β-unsaturated/α-hetero) is 1. The van der Waals surface area contributed by atoms with Gasteiger partial charge in [0.1, 0.15) is 17.8 Å². The molecule has 11 atom stereocenters. The molecule has 4 N–H and O–H groups in total. The van der Waals surface area contributed by atoms with Crippen molar-refractivity contribution in [2.24, 2.45) is 16.7 Å². The van der Waals surface area contributed by atoms with Gasteiger partial charge in [-0.05, 0) is 48.3 Å². The van der Waals surface area contributed by atoms with Gasteiger partial charge in [0.2, 0.25) is 0 Å². The van der Waals surface area contributed by atoms with Crippen LogP contribution < -0.4 is 5.32 Å². The number of hydrogen-bond acceptors (Lipinski definition) is 13. The number of amides is 1. The lowest BCUT2D eigenvalue weighted by molar-refractivity contribution is -0.351. The zero-order valence-corrected chi connectivity index (χ0v) is 35.0. The zero-order valence-electron chi connectivity index (χ0n) is 35.0. The lowest BCUT2D eigenvalue weighted by Gasteiger charge is -2.67. The van der Waals surface area contributed by atoms with Crippen LogP contribution in [0.5, 0.6) is 0 Å². The Morgan fingerprint density at radius 1 is 0.885 bits per heavy atom. The lowest BCUT2D eigenvalue weighted by atomic mass is 9.44. The number of aliphatic hydroxyl groups is 3. The van der Waals surface area contributed by atoms with E-state index >= 15 is 4.79 Å². The molecule has 14 nitrogen and oxygen atoms in total. The van der Waals surface area contributed by atoms with E-state index < -0.39 is 100 Å². The number of ketones is 1. The molecular weight excluding hydrogens is 787 g/mol. The van der Waals surface area contributed by atoms with Gasteiger partial charge in [-0.2, -0.15) is 0 Å². The van der Waals surface area contributed by atoms with Gasteiger partial charge in [-0.25, -0.2) is 4.79 Å². The third-order valence-corrected chi connectivity index (χ3v) is 13.5. The summed E-state index contributed by atoms with van der Waals surface area (Å²) in [5.41, 5.74) is -5.38. The summed E-state index contributed by atoms with van der Waals surface area (Å²) in [6.07, 6.45) is -9.38. The maximum atomic E-state index is 15.5. The van der Waals surface area contributed by atoms with Crippen molar-refractivity contribution in [3.63, 3.8) is 0 Å². The second-order valence-electron chi connectivity index (χ2n) is 17.4. The van der Waals surface area contributed by atoms with Crippen molar-refractivity contribution in [3.8, 4) is 0 Å². The molecule has 1 saturated heterocycles. The molecule has 61 heavy (non-hydrogen) atoms. The maximum Gasteiger partial charge on any atom is 0.338 e. The van der Waals surface area contributed by atoms with Crippen molar-refractivity contribution >= 4 is 29.6 Å². The molecule has 7 rings (SSSR count). The van der Waals surface area contributed by atoms with Crippen molar-refractivity contribution in [1.82, 2.24) is 5.32 Å². The van der Waals surface area contributed by atoms with E-state index in [4.69, 9.17) is 23.7 Å². The largest absolute Gasteiger partial charge is 0.456 e. The molecule has 0 radical (unpaired) electrons. The molecule has 1 amide bonds. The smallest absolute Gasteiger partial charge is 0.338 e. The molecule has 1 heterocycles. The summed E-state index contributed by atoms with van der Waals surface area (Å²) < 4.78 is 30.9. The van der Waals surface area contributed by atoms with Gasteiger partial charge >= 0.3 is 17.9 Å². The Hall–Kier alpha value is -5.25. The average Bonchev–Trinajstić information content (AvgIpc) is 3.22. The highest BCUT2D eigenvalue weighted by molar-refractivity contribution is 5.96. The summed E-state index contributed by atoms with van der Waals surface area (Å²) in [5.74, 6) is -5.32. The predicted molar refractivity (Wildman–Crippen MR) is 217 cm³/mol. The third kappa shape index (κ3) is 7.48. The van der Waals surface area contributed by atoms with Gasteiger partial charge in [0.15, 0.2) is 23.6 Å². The van der Waals surface area contributed by atoms with Crippen LogP contribution in [-0.4, -0.2) is 99.4 Å². The Balaban J connectivity index is 1.37. The fraction of sp³-hybridized carbons (Fsp3) is 0.468. The molecule has 3 aromatic carbocycles. The van der Waals surface area contributed by atoms with Crippen LogP contribution in [0.1, 0.15) is 81.9 Å². The van der Waals surface area contributed by atoms with Crippen molar-refractivity contribution in [2.75, 3.05) is 6.61 Å². The fourth-order valence-corrected chi connectivity index (χ4v) is 10.3. The van der Waals surface area contributed by atoms with Crippen molar-refractivity contribution in [3.05, 3.63) is 119 Å². The van der Waals surface area contributed by atoms with Gasteiger partial charge in [0.25, 0.3) is 5.91 Å². The van der Waals surface area contributed by atoms with Gasteiger partial charge in [-0.15, -0.1) is 0 Å². The number of ether oxygens (including phenoxy) is 5. The Morgan fingerprint density at radius 3 is 2.07 bits per heavy atom. The molecule has 0 spiro atoms. The van der Waals surface area contributed by atoms with E-state index in [1.54, 1.807) is 81.4 Å². The van der Waals surface area contributed by atoms with Gasteiger partial charge in [0.05, 0.1) is 36.9 Å². The van der Waals surface area contributed by atoms with E-state index in [1.807, 2.05) is 30.3 Å². The number of carbonyl (C=O) groups is 5. The second-order valence-corrected chi connectivity index (χ2v) is 17.4. The minimum atomic E-state index is -2.15. The van der Waals surface area contributed by atoms with E-state index in [-0.39, 0.29) is 42.8 Å². The molecule has 3 fully saturated rings. The van der Waals surface area contributed by atoms with Gasteiger partial charge in [-0.3, -0.25) is 19.2 Å². The predicted octanol–water partition coefficient (Wildman–Crippen LogP) is 4.10. The Kier molecular flexibility index (Phi) is 11.9. The molecule has 2 bridgehead atoms. The van der Waals surface area contributed by atoms with Crippen molar-refractivity contribution < 1.29 is 63.0 Å². The highest BCUT2D eigenvalue weighted by atomic mass is 16.6. The standard InChI is InChI=1S/C47H53NO13/c1-26-32(60-43(55)37(52)36(30-18-12-8-13-19-30)48-42(54)31-20-14-9-15-21-31)23-47(56)41(57-24-29-16-10-7-11-17-29)39-45(6,33(51)22-34-46(39,25-58-34)61-28(3)50)40(53)38(59-27(2)49)35(26)44(47,4)5/h7-21,32-34,36-39,41,51-52,56H,22-25H2,1-6H3,(H,48,54)/t32-,33-,34+,36+,37-,38+,39-,41-,45+,46-,47+/m0/s1. The minimum Gasteiger partial charge on any atom is -0.456 e. The van der Waals surface area contributed by atoms with E-state index in [9.17, 15) is 34.5 Å². The van der Waals surface area contributed by atoms with Gasteiger partial charge in [-0.1, -0.05) is 92.7 Å². The average molecular weight is 840 g/mol. The fourth-order valence-electron chi connectivity index (χ4n) is 10.3. The molecule has 0 aromatic heterocycles. The summed E-state index contributed by atoms with van der Waals surface area (Å²) in [4.78, 5) is 69.2. The molecule has 3 aromatic rings. The molecule has 2 saturated carbocycles. The first-order chi connectivity index (χ1) is 28.9. The lowest BCUT2D eigenvalue weighted by Crippen LogP contribution is -2.81. The normalized spacial score (nSPS) is 32.3. The zero-order chi connectivity index (χ0) is 44.1. The molecule has 3 aliphatic carbocycles. The SMILES string of the molecule is CC(=O)O[C@H]1C(=O)[C@@]2(C)[C@H]([C@H](OCc3ccccc3)[C@]3(O)C[C@H](OC(=O)[C@@H](O)[C@H](NC(=O)c4ccccc4)c4ccccc4)C(C)=C1C3(C)C)[C@]1(OC(C)=O)CO[C@@H]1C[C@@H]2O. The van der Waals surface area contributed by atoms with Crippen LogP contribution in [-0.2, 0) is 49.5 Å². The van der Waals surface area contributed by atoms with E-state index in [1.165, 1.54) is 13.8 Å². The second kappa shape index (κ2) is 16.6. The highest BCUT2D eigenvalue weighted by Crippen LogP contribution is 2.64. The monoisotopic (exact) mass is 839 g/mol. The minimum absolute atomic E-state index is 0.100. The summed E-state index contributed by atoms with van der Waals surface area (Å²) in [5, 5.41) is 40.3. The van der Waals surface area contributed by atoms with Crippen LogP contribution in [0.4, 0.5) is 0 Å². The highest BCUT2D eigenvalue weighted by Gasteiger charge is 2.77. The number of nitrogens with one attached hydrogen (secondary N) is 1.